The van der Waals surface area contributed by atoms with Crippen LogP contribution in [0.5, 0.6) is 5.75 Å². The van der Waals surface area contributed by atoms with Crippen LogP contribution in [0.2, 0.25) is 0 Å². The van der Waals surface area contributed by atoms with Crippen molar-refractivity contribution >= 4 is 29.3 Å². The van der Waals surface area contributed by atoms with Crippen molar-refractivity contribution in [2.45, 2.75) is 6.92 Å². The molecule has 0 aliphatic rings. The van der Waals surface area contributed by atoms with Gasteiger partial charge in [0.2, 0.25) is 0 Å². The molecule has 2 aromatic carbocycles. The zero-order valence-electron chi connectivity index (χ0n) is 9.75. The molecule has 4 nitrogen and oxygen atoms in total. The predicted octanol–water partition coefficient (Wildman–Crippen LogP) is 2.24. The zero-order chi connectivity index (χ0) is 12.7. The Morgan fingerprint density at radius 1 is 1.00 bits per heavy atom. The van der Waals surface area contributed by atoms with Gasteiger partial charge >= 0.3 is 7.32 Å². The minimum Gasteiger partial charge on any atom is -0.509 e. The van der Waals surface area contributed by atoms with Crippen LogP contribution in [0.15, 0.2) is 40.8 Å². The van der Waals surface area contributed by atoms with Gasteiger partial charge in [0.15, 0.2) is 5.58 Å². The summed E-state index contributed by atoms with van der Waals surface area (Å²) >= 11 is 0. The number of hydrogen-bond acceptors (Lipinski definition) is 4. The molecule has 0 bridgehead atoms. The van der Waals surface area contributed by atoms with Gasteiger partial charge in [0, 0.05) is 10.8 Å². The number of benzene rings is 2. The van der Waals surface area contributed by atoms with Gasteiger partial charge in [0.25, 0.3) is 0 Å². The van der Waals surface area contributed by atoms with E-state index in [0.717, 1.165) is 21.9 Å². The molecule has 5 heteroatoms. The predicted molar refractivity (Wildman–Crippen MR) is 69.3 cm³/mol. The molecule has 2 N–H and O–H groups in total. The van der Waals surface area contributed by atoms with Crippen molar-refractivity contribution in [1.29, 1.82) is 0 Å². The second-order valence-electron chi connectivity index (χ2n) is 4.13. The van der Waals surface area contributed by atoms with E-state index >= 15 is 0 Å². The van der Waals surface area contributed by atoms with Crippen LogP contribution in [0.3, 0.4) is 0 Å². The van der Waals surface area contributed by atoms with Crippen LogP contribution in [0, 0.1) is 6.92 Å². The Hall–Kier alpha value is -1.98. The zero-order valence-corrected chi connectivity index (χ0v) is 9.75. The first kappa shape index (κ1) is 11.1. The minimum atomic E-state index is -1.86. The van der Waals surface area contributed by atoms with Crippen LogP contribution < -0.4 is 4.65 Å². The summed E-state index contributed by atoms with van der Waals surface area (Å²) < 4.78 is 10.7. The summed E-state index contributed by atoms with van der Waals surface area (Å²) in [7, 11) is -1.86. The quantitative estimate of drug-likeness (QED) is 0.676. The van der Waals surface area contributed by atoms with Crippen LogP contribution in [0.4, 0.5) is 0 Å². The summed E-state index contributed by atoms with van der Waals surface area (Å²) in [6, 6.07) is 11.2. The van der Waals surface area contributed by atoms with Crippen molar-refractivity contribution in [3.63, 3.8) is 0 Å². The number of fused-ring (bicyclic) bond motifs is 3. The van der Waals surface area contributed by atoms with Gasteiger partial charge in [0.05, 0.1) is 0 Å². The van der Waals surface area contributed by atoms with Gasteiger partial charge in [-0.3, -0.25) is 0 Å². The van der Waals surface area contributed by atoms with Crippen LogP contribution in [-0.4, -0.2) is 17.4 Å². The van der Waals surface area contributed by atoms with Crippen molar-refractivity contribution < 1.29 is 19.1 Å². The Kier molecular flexibility index (Phi) is 2.50. The molecule has 0 saturated carbocycles. The van der Waals surface area contributed by atoms with E-state index in [-0.39, 0.29) is 0 Å². The molecular weight excluding hydrogens is 231 g/mol. The molecule has 1 heterocycles. The first-order chi connectivity index (χ1) is 8.66. The fourth-order valence-corrected chi connectivity index (χ4v) is 2.14. The molecule has 3 aromatic rings. The number of hydrogen-bond donors (Lipinski definition) is 2. The van der Waals surface area contributed by atoms with Crippen molar-refractivity contribution in [3.8, 4) is 5.75 Å². The van der Waals surface area contributed by atoms with Crippen LogP contribution in [0.25, 0.3) is 21.9 Å². The second-order valence-corrected chi connectivity index (χ2v) is 4.13. The fourth-order valence-electron chi connectivity index (χ4n) is 2.14. The third kappa shape index (κ3) is 1.65. The van der Waals surface area contributed by atoms with Gasteiger partial charge < -0.3 is 19.1 Å². The number of furan rings is 1. The van der Waals surface area contributed by atoms with Crippen LogP contribution >= 0.6 is 0 Å². The van der Waals surface area contributed by atoms with E-state index in [2.05, 4.69) is 0 Å². The van der Waals surface area contributed by atoms with Gasteiger partial charge in [-0.2, -0.15) is 0 Å². The Morgan fingerprint density at radius 3 is 2.39 bits per heavy atom. The average molecular weight is 242 g/mol. The standard InChI is InChI=1S/C13H11BO4/c1-8-4-2-5-9-10-6-3-7-11(18-14(15)16)13(10)17-12(8)9/h2-7,15-16H,1H3. The van der Waals surface area contributed by atoms with Crippen LogP contribution in [0.1, 0.15) is 5.56 Å². The van der Waals surface area contributed by atoms with Crippen LogP contribution in [-0.2, 0) is 0 Å². The van der Waals surface area contributed by atoms with Gasteiger partial charge in [-0.15, -0.1) is 0 Å². The highest BCUT2D eigenvalue weighted by atomic mass is 16.6. The fraction of sp³-hybridized carbons (Fsp3) is 0.0769. The molecule has 0 saturated heterocycles. The Morgan fingerprint density at radius 2 is 1.67 bits per heavy atom. The van der Waals surface area contributed by atoms with Crippen molar-refractivity contribution in [2.75, 3.05) is 0 Å². The summed E-state index contributed by atoms with van der Waals surface area (Å²) in [6.07, 6.45) is 0. The lowest BCUT2D eigenvalue weighted by molar-refractivity contribution is 0.288. The lowest BCUT2D eigenvalue weighted by Crippen LogP contribution is -2.20. The van der Waals surface area contributed by atoms with E-state index in [9.17, 15) is 0 Å². The topological polar surface area (TPSA) is 62.8 Å². The normalized spacial score (nSPS) is 11.1. The van der Waals surface area contributed by atoms with Crippen molar-refractivity contribution in [1.82, 2.24) is 0 Å². The lowest BCUT2D eigenvalue weighted by Gasteiger charge is -2.03. The summed E-state index contributed by atoms with van der Waals surface area (Å²) in [5.74, 6) is 0.318. The highest BCUT2D eigenvalue weighted by Crippen LogP contribution is 2.35. The molecular formula is C13H11BO4. The molecule has 1 aromatic heterocycles. The molecule has 0 radical (unpaired) electrons. The number of para-hydroxylation sites is 2. The molecule has 3 rings (SSSR count). The third-order valence-electron chi connectivity index (χ3n) is 2.92. The van der Waals surface area contributed by atoms with E-state index in [4.69, 9.17) is 19.1 Å². The Bertz CT molecular complexity index is 717. The maximum atomic E-state index is 8.89. The molecule has 90 valence electrons. The monoisotopic (exact) mass is 242 g/mol. The van der Waals surface area contributed by atoms with Gasteiger partial charge in [0.1, 0.15) is 11.3 Å². The Labute approximate surface area is 104 Å². The van der Waals surface area contributed by atoms with Crippen molar-refractivity contribution in [3.05, 3.63) is 42.0 Å². The smallest absolute Gasteiger partial charge is 0.509 e. The van der Waals surface area contributed by atoms with Gasteiger partial charge in [-0.25, -0.2) is 0 Å². The highest BCUT2D eigenvalue weighted by Gasteiger charge is 2.17. The molecule has 18 heavy (non-hydrogen) atoms. The van der Waals surface area contributed by atoms with E-state index < -0.39 is 7.32 Å². The first-order valence-electron chi connectivity index (χ1n) is 5.60. The molecule has 0 amide bonds. The van der Waals surface area contributed by atoms with E-state index in [0.29, 0.717) is 11.3 Å². The molecule has 0 unspecified atom stereocenters. The summed E-state index contributed by atoms with van der Waals surface area (Å²) in [6.45, 7) is 1.96. The van der Waals surface area contributed by atoms with E-state index in [1.54, 1.807) is 12.1 Å². The van der Waals surface area contributed by atoms with Gasteiger partial charge in [-0.05, 0) is 18.6 Å². The SMILES string of the molecule is Cc1cccc2c1oc1c(OB(O)O)cccc12. The third-order valence-corrected chi connectivity index (χ3v) is 2.92. The largest absolute Gasteiger partial charge is 0.707 e. The minimum absolute atomic E-state index is 0.318. The summed E-state index contributed by atoms with van der Waals surface area (Å²) in [5.41, 5.74) is 2.34. The lowest BCUT2D eigenvalue weighted by atomic mass is 10.1. The van der Waals surface area contributed by atoms with Gasteiger partial charge in [-0.1, -0.05) is 30.3 Å². The summed E-state index contributed by atoms with van der Waals surface area (Å²) in [4.78, 5) is 0. The average Bonchev–Trinajstić information content (AvgIpc) is 2.70. The first-order valence-corrected chi connectivity index (χ1v) is 5.60. The highest BCUT2D eigenvalue weighted by molar-refractivity contribution is 6.34. The molecule has 0 aliphatic heterocycles. The maximum absolute atomic E-state index is 8.89. The molecule has 0 aliphatic carbocycles. The van der Waals surface area contributed by atoms with E-state index in [1.807, 2.05) is 31.2 Å². The van der Waals surface area contributed by atoms with E-state index in [1.165, 1.54) is 0 Å². The number of rotatable bonds is 2. The molecule has 0 fully saturated rings. The van der Waals surface area contributed by atoms with Crippen molar-refractivity contribution in [2.24, 2.45) is 0 Å². The molecule has 0 spiro atoms. The molecule has 0 atom stereocenters. The maximum Gasteiger partial charge on any atom is 0.707 e. The number of aryl methyl sites for hydroxylation is 1. The summed E-state index contributed by atoms with van der Waals surface area (Å²) in [5, 5.41) is 19.7. The Balaban J connectivity index is 2.35. The second kappa shape index (κ2) is 4.05.